The highest BCUT2D eigenvalue weighted by molar-refractivity contribution is 6.15. The average molecular weight is 303 g/mol. The van der Waals surface area contributed by atoms with Gasteiger partial charge in [0.25, 0.3) is 0 Å². The van der Waals surface area contributed by atoms with E-state index in [1.165, 1.54) is 6.33 Å². The monoisotopic (exact) mass is 303 g/mol. The van der Waals surface area contributed by atoms with Crippen molar-refractivity contribution in [1.82, 2.24) is 15.0 Å². The quantitative estimate of drug-likeness (QED) is 0.301. The van der Waals surface area contributed by atoms with Crippen molar-refractivity contribution in [1.29, 1.82) is 5.41 Å². The van der Waals surface area contributed by atoms with Crippen molar-refractivity contribution in [2.75, 3.05) is 5.06 Å². The lowest BCUT2D eigenvalue weighted by Crippen LogP contribution is -2.27. The first kappa shape index (κ1) is 13.4. The third-order valence-electron chi connectivity index (χ3n) is 3.79. The average Bonchev–Trinajstić information content (AvgIpc) is 3.08. The van der Waals surface area contributed by atoms with E-state index in [1.807, 2.05) is 36.4 Å². The zero-order valence-corrected chi connectivity index (χ0v) is 12.1. The van der Waals surface area contributed by atoms with Gasteiger partial charge in [0.05, 0.1) is 17.5 Å². The van der Waals surface area contributed by atoms with Crippen molar-refractivity contribution in [3.05, 3.63) is 66.6 Å². The van der Waals surface area contributed by atoms with Gasteiger partial charge in [0.1, 0.15) is 0 Å². The lowest BCUT2D eigenvalue weighted by molar-refractivity contribution is 0.313. The molecule has 2 aromatic carbocycles. The standard InChI is InChI=1S/C17H13N5O/c18-16(13-8-9-19-17-15(13)20-10-21-17)22(23)14-7-3-5-11-4-1-2-6-12(11)14/h1-10,18,23H,(H,19,20,21). The van der Waals surface area contributed by atoms with E-state index in [-0.39, 0.29) is 5.84 Å². The number of hydroxylamine groups is 1. The van der Waals surface area contributed by atoms with E-state index < -0.39 is 0 Å². The second-order valence-electron chi connectivity index (χ2n) is 5.12. The van der Waals surface area contributed by atoms with E-state index in [9.17, 15) is 5.21 Å². The number of benzene rings is 2. The molecule has 112 valence electrons. The maximum absolute atomic E-state index is 10.6. The zero-order valence-electron chi connectivity index (χ0n) is 12.1. The molecule has 4 rings (SSSR count). The summed E-state index contributed by atoms with van der Waals surface area (Å²) in [6.45, 7) is 0. The van der Waals surface area contributed by atoms with Crippen molar-refractivity contribution in [2.24, 2.45) is 0 Å². The fraction of sp³-hybridized carbons (Fsp3) is 0. The van der Waals surface area contributed by atoms with Crippen LogP contribution >= 0.6 is 0 Å². The lowest BCUT2D eigenvalue weighted by Gasteiger charge is -2.19. The first-order chi connectivity index (χ1) is 11.3. The number of imidazole rings is 1. The highest BCUT2D eigenvalue weighted by Crippen LogP contribution is 2.27. The predicted octanol–water partition coefficient (Wildman–Crippen LogP) is 3.33. The fourth-order valence-electron chi connectivity index (χ4n) is 2.67. The number of hydrogen-bond acceptors (Lipinski definition) is 4. The Hall–Kier alpha value is -3.25. The number of rotatable bonds is 2. The summed E-state index contributed by atoms with van der Waals surface area (Å²) in [6.07, 6.45) is 3.10. The van der Waals surface area contributed by atoms with Crippen LogP contribution in [-0.2, 0) is 0 Å². The van der Waals surface area contributed by atoms with E-state index in [4.69, 9.17) is 5.41 Å². The second-order valence-corrected chi connectivity index (χ2v) is 5.12. The highest BCUT2D eigenvalue weighted by atomic mass is 16.5. The van der Waals surface area contributed by atoms with Crippen LogP contribution in [0.25, 0.3) is 21.9 Å². The Morgan fingerprint density at radius 3 is 2.78 bits per heavy atom. The van der Waals surface area contributed by atoms with Crippen LogP contribution in [0.3, 0.4) is 0 Å². The fourth-order valence-corrected chi connectivity index (χ4v) is 2.67. The van der Waals surface area contributed by atoms with Gasteiger partial charge in [-0.3, -0.25) is 10.6 Å². The Morgan fingerprint density at radius 2 is 1.87 bits per heavy atom. The number of pyridine rings is 1. The van der Waals surface area contributed by atoms with Crippen LogP contribution < -0.4 is 5.06 Å². The number of nitrogens with one attached hydrogen (secondary N) is 2. The lowest BCUT2D eigenvalue weighted by atomic mass is 10.1. The van der Waals surface area contributed by atoms with E-state index in [0.717, 1.165) is 15.8 Å². The normalized spacial score (nSPS) is 11.0. The van der Waals surface area contributed by atoms with Gasteiger partial charge >= 0.3 is 0 Å². The number of hydrogen-bond donors (Lipinski definition) is 3. The SMILES string of the molecule is N=C(c1ccnc2nc[nH]c12)N(O)c1cccc2ccccc12. The van der Waals surface area contributed by atoms with E-state index in [2.05, 4.69) is 15.0 Å². The van der Waals surface area contributed by atoms with Gasteiger partial charge in [-0.05, 0) is 17.5 Å². The van der Waals surface area contributed by atoms with Crippen molar-refractivity contribution in [3.8, 4) is 0 Å². The number of fused-ring (bicyclic) bond motifs is 2. The molecule has 0 atom stereocenters. The molecule has 2 heterocycles. The molecule has 2 aromatic heterocycles. The van der Waals surface area contributed by atoms with Crippen molar-refractivity contribution >= 4 is 33.5 Å². The van der Waals surface area contributed by atoms with Gasteiger partial charge in [-0.15, -0.1) is 0 Å². The Morgan fingerprint density at radius 1 is 1.04 bits per heavy atom. The van der Waals surface area contributed by atoms with Crippen molar-refractivity contribution < 1.29 is 5.21 Å². The molecule has 4 aromatic rings. The number of nitrogens with zero attached hydrogens (tertiary/aromatic N) is 3. The number of H-pyrrole nitrogens is 1. The summed E-state index contributed by atoms with van der Waals surface area (Å²) in [7, 11) is 0. The molecule has 0 aliphatic rings. The third-order valence-corrected chi connectivity index (χ3v) is 3.79. The maximum atomic E-state index is 10.6. The van der Waals surface area contributed by atoms with Crippen LogP contribution in [0.2, 0.25) is 0 Å². The minimum atomic E-state index is -0.0435. The number of anilines is 1. The summed E-state index contributed by atoms with van der Waals surface area (Å²) in [5.74, 6) is -0.0435. The van der Waals surface area contributed by atoms with Crippen LogP contribution in [-0.4, -0.2) is 26.0 Å². The third kappa shape index (κ3) is 2.13. The first-order valence-electron chi connectivity index (χ1n) is 7.09. The molecule has 0 radical (unpaired) electrons. The molecule has 23 heavy (non-hydrogen) atoms. The smallest absolute Gasteiger partial charge is 0.178 e. The number of aromatic nitrogens is 3. The van der Waals surface area contributed by atoms with Crippen LogP contribution in [0.5, 0.6) is 0 Å². The van der Waals surface area contributed by atoms with Gasteiger partial charge in [-0.25, -0.2) is 15.0 Å². The molecular weight excluding hydrogens is 290 g/mol. The zero-order chi connectivity index (χ0) is 15.8. The Balaban J connectivity index is 1.83. The second kappa shape index (κ2) is 5.19. The van der Waals surface area contributed by atoms with Gasteiger partial charge in [-0.1, -0.05) is 36.4 Å². The summed E-state index contributed by atoms with van der Waals surface area (Å²) >= 11 is 0. The molecule has 0 amide bonds. The number of aromatic amines is 1. The highest BCUT2D eigenvalue weighted by Gasteiger charge is 2.17. The molecule has 0 aliphatic heterocycles. The summed E-state index contributed by atoms with van der Waals surface area (Å²) in [6, 6.07) is 15.0. The van der Waals surface area contributed by atoms with Crippen LogP contribution in [0, 0.1) is 5.41 Å². The molecule has 6 heteroatoms. The first-order valence-corrected chi connectivity index (χ1v) is 7.09. The summed E-state index contributed by atoms with van der Waals surface area (Å²) in [5.41, 5.74) is 2.22. The molecule has 0 aliphatic carbocycles. The van der Waals surface area contributed by atoms with Gasteiger partial charge in [-0.2, -0.15) is 0 Å². The van der Waals surface area contributed by atoms with Crippen LogP contribution in [0.4, 0.5) is 5.69 Å². The van der Waals surface area contributed by atoms with E-state index >= 15 is 0 Å². The van der Waals surface area contributed by atoms with Crippen molar-refractivity contribution in [2.45, 2.75) is 0 Å². The summed E-state index contributed by atoms with van der Waals surface area (Å²) in [5, 5.41) is 21.7. The molecule has 0 spiro atoms. The Kier molecular flexibility index (Phi) is 3.03. The molecule has 0 bridgehead atoms. The van der Waals surface area contributed by atoms with E-state index in [1.54, 1.807) is 18.3 Å². The van der Waals surface area contributed by atoms with Gasteiger partial charge < -0.3 is 4.98 Å². The molecule has 0 saturated carbocycles. The van der Waals surface area contributed by atoms with Gasteiger partial charge in [0, 0.05) is 17.1 Å². The van der Waals surface area contributed by atoms with Gasteiger partial charge in [0.2, 0.25) is 0 Å². The molecule has 6 nitrogen and oxygen atoms in total. The molecule has 3 N–H and O–H groups in total. The summed E-state index contributed by atoms with van der Waals surface area (Å²) < 4.78 is 0. The molecule has 0 unspecified atom stereocenters. The largest absolute Gasteiger partial charge is 0.343 e. The maximum Gasteiger partial charge on any atom is 0.178 e. The molecule has 0 fully saturated rings. The van der Waals surface area contributed by atoms with Gasteiger partial charge in [0.15, 0.2) is 11.5 Å². The summed E-state index contributed by atoms with van der Waals surface area (Å²) in [4.78, 5) is 11.2. The Bertz CT molecular complexity index is 1020. The topological polar surface area (TPSA) is 88.9 Å². The predicted molar refractivity (Wildman–Crippen MR) is 88.9 cm³/mol. The van der Waals surface area contributed by atoms with Crippen LogP contribution in [0.15, 0.2) is 61.1 Å². The van der Waals surface area contributed by atoms with Crippen molar-refractivity contribution in [3.63, 3.8) is 0 Å². The Labute approximate surface area is 131 Å². The van der Waals surface area contributed by atoms with E-state index in [0.29, 0.717) is 22.4 Å². The minimum absolute atomic E-state index is 0.0435. The minimum Gasteiger partial charge on any atom is -0.343 e. The molecular formula is C17H13N5O. The molecule has 0 saturated heterocycles. The van der Waals surface area contributed by atoms with Crippen LogP contribution in [0.1, 0.15) is 5.56 Å². The number of amidine groups is 1.